The zero-order valence-corrected chi connectivity index (χ0v) is 21.7. The molecule has 1 unspecified atom stereocenters. The third-order valence-electron chi connectivity index (χ3n) is 6.05. The Morgan fingerprint density at radius 3 is 1.97 bits per heavy atom. The van der Waals surface area contributed by atoms with Gasteiger partial charge < -0.3 is 24.1 Å². The Labute approximate surface area is 219 Å². The summed E-state index contributed by atoms with van der Waals surface area (Å²) in [6.45, 7) is 3.78. The van der Waals surface area contributed by atoms with E-state index in [0.717, 1.165) is 0 Å². The van der Waals surface area contributed by atoms with Gasteiger partial charge in [0.2, 0.25) is 5.75 Å². The van der Waals surface area contributed by atoms with E-state index in [1.807, 2.05) is 13.8 Å². The van der Waals surface area contributed by atoms with E-state index < -0.39 is 23.5 Å². The van der Waals surface area contributed by atoms with Gasteiger partial charge in [0, 0.05) is 11.3 Å². The number of hydrogen-bond donors (Lipinski definition) is 1. The summed E-state index contributed by atoms with van der Waals surface area (Å²) in [6, 6.07) is 13.8. The molecule has 0 bridgehead atoms. The molecular weight excluding hydrogens is 493 g/mol. The van der Waals surface area contributed by atoms with Gasteiger partial charge in [-0.25, -0.2) is 4.39 Å². The number of nitrogens with zero attached hydrogens (tertiary/aromatic N) is 1. The van der Waals surface area contributed by atoms with Crippen LogP contribution in [0.5, 0.6) is 23.0 Å². The molecule has 1 heterocycles. The first-order chi connectivity index (χ1) is 18.2. The van der Waals surface area contributed by atoms with Crippen molar-refractivity contribution < 1.29 is 38.0 Å². The van der Waals surface area contributed by atoms with Crippen LogP contribution in [0.4, 0.5) is 10.1 Å². The second-order valence-corrected chi connectivity index (χ2v) is 8.80. The zero-order valence-electron chi connectivity index (χ0n) is 21.7. The van der Waals surface area contributed by atoms with Gasteiger partial charge in [-0.1, -0.05) is 0 Å². The summed E-state index contributed by atoms with van der Waals surface area (Å²) >= 11 is 0. The van der Waals surface area contributed by atoms with Crippen LogP contribution in [0.15, 0.2) is 66.2 Å². The first-order valence-corrected chi connectivity index (χ1v) is 11.8. The number of carbonyl (C=O) groups excluding carboxylic acids is 2. The number of carbonyl (C=O) groups is 2. The summed E-state index contributed by atoms with van der Waals surface area (Å²) in [5.41, 5.74) is 0.845. The Balaban J connectivity index is 1.94. The van der Waals surface area contributed by atoms with Crippen LogP contribution in [0, 0.1) is 5.82 Å². The van der Waals surface area contributed by atoms with Crippen molar-refractivity contribution in [3.63, 3.8) is 0 Å². The number of rotatable bonds is 8. The van der Waals surface area contributed by atoms with E-state index in [9.17, 15) is 19.1 Å². The molecule has 1 atom stereocenters. The van der Waals surface area contributed by atoms with Crippen molar-refractivity contribution in [1.82, 2.24) is 0 Å². The molecule has 1 fully saturated rings. The quantitative estimate of drug-likeness (QED) is 0.245. The predicted molar refractivity (Wildman–Crippen MR) is 139 cm³/mol. The number of halogens is 1. The van der Waals surface area contributed by atoms with Gasteiger partial charge in [-0.3, -0.25) is 14.5 Å². The third-order valence-corrected chi connectivity index (χ3v) is 6.05. The molecule has 4 rings (SSSR count). The van der Waals surface area contributed by atoms with Gasteiger partial charge in [0.25, 0.3) is 11.7 Å². The van der Waals surface area contributed by atoms with E-state index in [1.165, 1.54) is 50.5 Å². The van der Waals surface area contributed by atoms with Crippen molar-refractivity contribution in [2.45, 2.75) is 26.0 Å². The molecule has 198 valence electrons. The lowest BCUT2D eigenvalue weighted by Gasteiger charge is -2.26. The van der Waals surface area contributed by atoms with Gasteiger partial charge in [-0.05, 0) is 80.1 Å². The van der Waals surface area contributed by atoms with Crippen molar-refractivity contribution in [3.8, 4) is 23.0 Å². The molecule has 0 saturated carbocycles. The van der Waals surface area contributed by atoms with Crippen LogP contribution >= 0.6 is 0 Å². The Morgan fingerprint density at radius 1 is 0.895 bits per heavy atom. The van der Waals surface area contributed by atoms with Crippen LogP contribution < -0.4 is 23.8 Å². The zero-order chi connectivity index (χ0) is 27.6. The van der Waals surface area contributed by atoms with Crippen molar-refractivity contribution in [2.24, 2.45) is 0 Å². The molecule has 1 aliphatic heterocycles. The number of aliphatic hydroxyl groups excluding tert-OH is 1. The fourth-order valence-electron chi connectivity index (χ4n) is 4.39. The molecule has 1 N–H and O–H groups in total. The van der Waals surface area contributed by atoms with Crippen molar-refractivity contribution in [1.29, 1.82) is 0 Å². The molecule has 0 radical (unpaired) electrons. The normalized spacial score (nSPS) is 16.6. The number of amides is 1. The SMILES string of the molecule is COc1cc(C2/C(=C(\O)c3ccc(OC(C)C)cc3)C(=O)C(=O)N2c2ccc(F)cc2)cc(OC)c1OC. The maximum atomic E-state index is 13.7. The Morgan fingerprint density at radius 2 is 1.47 bits per heavy atom. The maximum absolute atomic E-state index is 13.7. The molecule has 0 aromatic heterocycles. The molecule has 1 saturated heterocycles. The van der Waals surface area contributed by atoms with Gasteiger partial charge in [-0.15, -0.1) is 0 Å². The lowest BCUT2D eigenvalue weighted by atomic mass is 9.94. The number of ether oxygens (including phenoxy) is 4. The number of aliphatic hydroxyl groups is 1. The average molecular weight is 522 g/mol. The van der Waals surface area contributed by atoms with Crippen molar-refractivity contribution in [2.75, 3.05) is 26.2 Å². The monoisotopic (exact) mass is 521 g/mol. The molecular formula is C29H28FNO7. The standard InChI is InChI=1S/C29H28FNO7/c1-16(2)38-21-12-6-17(7-13-21)26(32)24-25(18-14-22(35-3)28(37-5)23(15-18)36-4)31(29(34)27(24)33)20-10-8-19(30)9-11-20/h6-16,25,32H,1-5H3/b26-24+. The fraction of sp³-hybridized carbons (Fsp3) is 0.241. The molecule has 9 heteroatoms. The number of hydrogen-bond acceptors (Lipinski definition) is 7. The Kier molecular flexibility index (Phi) is 7.57. The fourth-order valence-corrected chi connectivity index (χ4v) is 4.39. The number of benzene rings is 3. The van der Waals surface area contributed by atoms with Crippen LogP contribution in [0.1, 0.15) is 31.0 Å². The highest BCUT2D eigenvalue weighted by atomic mass is 19.1. The van der Waals surface area contributed by atoms with Crippen molar-refractivity contribution in [3.05, 3.63) is 83.2 Å². The van der Waals surface area contributed by atoms with Gasteiger partial charge in [0.05, 0.1) is 39.0 Å². The summed E-state index contributed by atoms with van der Waals surface area (Å²) in [5, 5.41) is 11.4. The highest BCUT2D eigenvalue weighted by Gasteiger charge is 2.47. The first kappa shape index (κ1) is 26.5. The van der Waals surface area contributed by atoms with Gasteiger partial charge >= 0.3 is 0 Å². The van der Waals surface area contributed by atoms with E-state index in [2.05, 4.69) is 0 Å². The number of methoxy groups -OCH3 is 3. The molecule has 1 aliphatic rings. The number of anilines is 1. The molecule has 8 nitrogen and oxygen atoms in total. The van der Waals surface area contributed by atoms with Gasteiger partial charge in [0.15, 0.2) is 11.5 Å². The topological polar surface area (TPSA) is 94.5 Å². The highest BCUT2D eigenvalue weighted by molar-refractivity contribution is 6.51. The van der Waals surface area contributed by atoms with Crippen molar-refractivity contribution >= 4 is 23.1 Å². The Hall–Kier alpha value is -4.53. The van der Waals surface area contributed by atoms with E-state index in [-0.39, 0.29) is 23.1 Å². The molecule has 3 aromatic rings. The first-order valence-electron chi connectivity index (χ1n) is 11.8. The van der Waals surface area contributed by atoms with Crippen LogP contribution in [0.2, 0.25) is 0 Å². The maximum Gasteiger partial charge on any atom is 0.300 e. The number of Topliss-reactive ketones (excluding diaryl/α,β-unsaturated/α-hetero) is 1. The average Bonchev–Trinajstić information content (AvgIpc) is 3.18. The van der Waals surface area contributed by atoms with Crippen LogP contribution in [-0.2, 0) is 9.59 Å². The number of ketones is 1. The molecule has 0 spiro atoms. The predicted octanol–water partition coefficient (Wildman–Crippen LogP) is 5.27. The lowest BCUT2D eigenvalue weighted by Crippen LogP contribution is -2.29. The Bertz CT molecular complexity index is 1360. The third kappa shape index (κ3) is 4.87. The summed E-state index contributed by atoms with van der Waals surface area (Å²) in [6.07, 6.45) is -0.0458. The smallest absolute Gasteiger partial charge is 0.300 e. The largest absolute Gasteiger partial charge is 0.507 e. The minimum Gasteiger partial charge on any atom is -0.507 e. The second-order valence-electron chi connectivity index (χ2n) is 8.80. The second kappa shape index (κ2) is 10.8. The van der Waals surface area contributed by atoms with E-state index in [1.54, 1.807) is 36.4 Å². The molecule has 3 aromatic carbocycles. The van der Waals surface area contributed by atoms with E-state index in [0.29, 0.717) is 34.1 Å². The highest BCUT2D eigenvalue weighted by Crippen LogP contribution is 2.47. The lowest BCUT2D eigenvalue weighted by molar-refractivity contribution is -0.132. The summed E-state index contributed by atoms with van der Waals surface area (Å²) in [7, 11) is 4.34. The minimum absolute atomic E-state index is 0.0458. The van der Waals surface area contributed by atoms with Gasteiger partial charge in [0.1, 0.15) is 17.3 Å². The van der Waals surface area contributed by atoms with Gasteiger partial charge in [-0.2, -0.15) is 0 Å². The molecule has 38 heavy (non-hydrogen) atoms. The molecule has 0 aliphatic carbocycles. The van der Waals surface area contributed by atoms with Crippen LogP contribution in [-0.4, -0.2) is 44.2 Å². The summed E-state index contributed by atoms with van der Waals surface area (Å²) in [5.74, 6) is -1.16. The van der Waals surface area contributed by atoms with E-state index >= 15 is 0 Å². The summed E-state index contributed by atoms with van der Waals surface area (Å²) in [4.78, 5) is 28.0. The minimum atomic E-state index is -1.08. The van der Waals surface area contributed by atoms with Crippen LogP contribution in [0.25, 0.3) is 5.76 Å². The van der Waals surface area contributed by atoms with E-state index in [4.69, 9.17) is 18.9 Å². The molecule has 1 amide bonds. The van der Waals surface area contributed by atoms with Crippen LogP contribution in [0.3, 0.4) is 0 Å². The summed E-state index contributed by atoms with van der Waals surface area (Å²) < 4.78 is 35.7.